The molecule has 1 saturated heterocycles. The first kappa shape index (κ1) is 6.38. The minimum Gasteiger partial charge on any atom is -0.377 e. The van der Waals surface area contributed by atoms with E-state index in [1.165, 1.54) is 0 Å². The Hall–Kier alpha value is -1.34. The summed E-state index contributed by atoms with van der Waals surface area (Å²) in [7, 11) is 0. The smallest absolute Gasteiger partial charge is 0.138 e. The third-order valence-corrected chi connectivity index (χ3v) is 1.75. The fraction of sp³-hybridized carbons (Fsp3) is 0.429. The molecule has 0 saturated carbocycles. The molecule has 2 rings (SSSR count). The molecule has 0 unspecified atom stereocenters. The Balaban J connectivity index is 2.29. The summed E-state index contributed by atoms with van der Waals surface area (Å²) in [4.78, 5) is 0. The van der Waals surface area contributed by atoms with Crippen molar-refractivity contribution < 1.29 is 4.74 Å². The lowest BCUT2D eigenvalue weighted by Crippen LogP contribution is -2.32. The van der Waals surface area contributed by atoms with Crippen molar-refractivity contribution in [3.05, 3.63) is 18.0 Å². The van der Waals surface area contributed by atoms with E-state index < -0.39 is 0 Å². The maximum atomic E-state index is 8.62. The Morgan fingerprint density at radius 2 is 2.55 bits per heavy atom. The van der Waals surface area contributed by atoms with Crippen LogP contribution in [0.3, 0.4) is 0 Å². The van der Waals surface area contributed by atoms with Crippen LogP contribution < -0.4 is 0 Å². The lowest BCUT2D eigenvalue weighted by Gasteiger charge is -2.26. The van der Waals surface area contributed by atoms with Gasteiger partial charge in [0, 0.05) is 0 Å². The van der Waals surface area contributed by atoms with Gasteiger partial charge in [-0.25, -0.2) is 4.68 Å². The molecule has 1 aliphatic heterocycles. The van der Waals surface area contributed by atoms with Gasteiger partial charge in [0.05, 0.1) is 19.4 Å². The topological polar surface area (TPSA) is 50.8 Å². The van der Waals surface area contributed by atoms with E-state index in [-0.39, 0.29) is 6.04 Å². The summed E-state index contributed by atoms with van der Waals surface area (Å²) in [6.45, 7) is 1.35. The normalized spacial score (nSPS) is 17.4. The van der Waals surface area contributed by atoms with Gasteiger partial charge in [0.2, 0.25) is 0 Å². The van der Waals surface area contributed by atoms with Gasteiger partial charge in [-0.2, -0.15) is 10.4 Å². The van der Waals surface area contributed by atoms with Crippen LogP contribution >= 0.6 is 0 Å². The molecule has 0 radical (unpaired) electrons. The third-order valence-electron chi connectivity index (χ3n) is 1.75. The second kappa shape index (κ2) is 2.36. The second-order valence-electron chi connectivity index (χ2n) is 2.46. The molecule has 1 aliphatic rings. The lowest BCUT2D eigenvalue weighted by atomic mass is 10.2. The second-order valence-corrected chi connectivity index (χ2v) is 2.46. The Kier molecular flexibility index (Phi) is 1.37. The van der Waals surface area contributed by atoms with Gasteiger partial charge < -0.3 is 4.74 Å². The molecule has 2 heterocycles. The van der Waals surface area contributed by atoms with Crippen molar-refractivity contribution in [2.24, 2.45) is 0 Å². The number of aromatic nitrogens is 2. The van der Waals surface area contributed by atoms with Crippen LogP contribution in [0.15, 0.2) is 12.3 Å². The van der Waals surface area contributed by atoms with Crippen LogP contribution in [0.1, 0.15) is 11.7 Å². The number of hydrogen-bond acceptors (Lipinski definition) is 3. The van der Waals surface area contributed by atoms with E-state index >= 15 is 0 Å². The van der Waals surface area contributed by atoms with Crippen LogP contribution in [0.4, 0.5) is 0 Å². The van der Waals surface area contributed by atoms with Crippen molar-refractivity contribution in [2.45, 2.75) is 6.04 Å². The molecule has 0 bridgehead atoms. The quantitative estimate of drug-likeness (QED) is 0.578. The fourth-order valence-corrected chi connectivity index (χ4v) is 1.06. The summed E-state index contributed by atoms with van der Waals surface area (Å²) in [5, 5.41) is 12.6. The van der Waals surface area contributed by atoms with Crippen molar-refractivity contribution in [2.75, 3.05) is 13.2 Å². The summed E-state index contributed by atoms with van der Waals surface area (Å²) in [5.74, 6) is 0. The standard InChI is InChI=1S/C7H7N3O/c8-3-6-1-2-9-10(6)7-4-11-5-7/h1-2,7H,4-5H2. The molecule has 0 atom stereocenters. The van der Waals surface area contributed by atoms with E-state index in [0.29, 0.717) is 18.9 Å². The number of hydrogen-bond donors (Lipinski definition) is 0. The van der Waals surface area contributed by atoms with E-state index in [0.717, 1.165) is 0 Å². The molecule has 4 nitrogen and oxygen atoms in total. The Morgan fingerprint density at radius 3 is 3.09 bits per heavy atom. The van der Waals surface area contributed by atoms with E-state index in [1.54, 1.807) is 16.9 Å². The van der Waals surface area contributed by atoms with Crippen LogP contribution in [-0.4, -0.2) is 23.0 Å². The van der Waals surface area contributed by atoms with Gasteiger partial charge in [-0.15, -0.1) is 0 Å². The Morgan fingerprint density at radius 1 is 1.73 bits per heavy atom. The summed E-state index contributed by atoms with van der Waals surface area (Å²) in [6.07, 6.45) is 1.64. The van der Waals surface area contributed by atoms with Crippen LogP contribution in [0.25, 0.3) is 0 Å². The largest absolute Gasteiger partial charge is 0.377 e. The first-order valence-corrected chi connectivity index (χ1v) is 3.43. The van der Waals surface area contributed by atoms with Crippen molar-refractivity contribution in [1.29, 1.82) is 5.26 Å². The van der Waals surface area contributed by atoms with E-state index in [1.807, 2.05) is 0 Å². The zero-order valence-corrected chi connectivity index (χ0v) is 5.90. The summed E-state index contributed by atoms with van der Waals surface area (Å²) >= 11 is 0. The third kappa shape index (κ3) is 0.900. The first-order chi connectivity index (χ1) is 5.42. The summed E-state index contributed by atoms with van der Waals surface area (Å²) < 4.78 is 6.70. The van der Waals surface area contributed by atoms with Gasteiger partial charge in [-0.3, -0.25) is 0 Å². The van der Waals surface area contributed by atoms with E-state index in [4.69, 9.17) is 10.00 Å². The van der Waals surface area contributed by atoms with Crippen molar-refractivity contribution in [3.63, 3.8) is 0 Å². The lowest BCUT2D eigenvalue weighted by molar-refractivity contribution is -0.0290. The van der Waals surface area contributed by atoms with Gasteiger partial charge in [-0.1, -0.05) is 0 Å². The highest BCUT2D eigenvalue weighted by Gasteiger charge is 2.22. The van der Waals surface area contributed by atoms with Gasteiger partial charge in [0.25, 0.3) is 0 Å². The molecule has 4 heteroatoms. The average molecular weight is 149 g/mol. The van der Waals surface area contributed by atoms with Crippen molar-refractivity contribution in [1.82, 2.24) is 9.78 Å². The highest BCUT2D eigenvalue weighted by Crippen LogP contribution is 2.17. The molecular formula is C7H7N3O. The maximum absolute atomic E-state index is 8.62. The van der Waals surface area contributed by atoms with Crippen LogP contribution in [0, 0.1) is 11.3 Å². The Labute approximate surface area is 64.0 Å². The van der Waals surface area contributed by atoms with Gasteiger partial charge in [-0.05, 0) is 6.07 Å². The predicted molar refractivity (Wildman–Crippen MR) is 36.8 cm³/mol. The minimum atomic E-state index is 0.277. The maximum Gasteiger partial charge on any atom is 0.138 e. The monoisotopic (exact) mass is 149 g/mol. The van der Waals surface area contributed by atoms with Gasteiger partial charge in [0.15, 0.2) is 0 Å². The molecule has 1 aromatic heterocycles. The van der Waals surface area contributed by atoms with Crippen LogP contribution in [0.2, 0.25) is 0 Å². The number of nitrogens with zero attached hydrogens (tertiary/aromatic N) is 3. The van der Waals surface area contributed by atoms with Crippen molar-refractivity contribution in [3.8, 4) is 6.07 Å². The summed E-state index contributed by atoms with van der Waals surface area (Å²) in [5.41, 5.74) is 0.610. The van der Waals surface area contributed by atoms with Crippen LogP contribution in [0.5, 0.6) is 0 Å². The highest BCUT2D eigenvalue weighted by atomic mass is 16.5. The number of rotatable bonds is 1. The SMILES string of the molecule is N#Cc1ccnn1C1COC1. The molecule has 0 aliphatic carbocycles. The minimum absolute atomic E-state index is 0.277. The van der Waals surface area contributed by atoms with Gasteiger partial charge in [0.1, 0.15) is 17.8 Å². The number of ether oxygens (including phenoxy) is 1. The average Bonchev–Trinajstić information content (AvgIpc) is 2.32. The van der Waals surface area contributed by atoms with E-state index in [9.17, 15) is 0 Å². The molecule has 0 aromatic carbocycles. The zero-order chi connectivity index (χ0) is 7.68. The highest BCUT2D eigenvalue weighted by molar-refractivity contribution is 5.19. The fourth-order valence-electron chi connectivity index (χ4n) is 1.06. The molecule has 1 fully saturated rings. The van der Waals surface area contributed by atoms with E-state index in [2.05, 4.69) is 11.2 Å². The zero-order valence-electron chi connectivity index (χ0n) is 5.90. The molecule has 11 heavy (non-hydrogen) atoms. The van der Waals surface area contributed by atoms with Crippen molar-refractivity contribution >= 4 is 0 Å². The van der Waals surface area contributed by atoms with Gasteiger partial charge >= 0.3 is 0 Å². The molecule has 0 N–H and O–H groups in total. The molecule has 0 spiro atoms. The molecule has 1 aromatic rings. The predicted octanol–water partition coefficient (Wildman–Crippen LogP) is 0.326. The molecular weight excluding hydrogens is 142 g/mol. The summed E-state index contributed by atoms with van der Waals surface area (Å²) in [6, 6.07) is 4.05. The number of nitriles is 1. The Bertz CT molecular complexity index is 295. The van der Waals surface area contributed by atoms with Crippen LogP contribution in [-0.2, 0) is 4.74 Å². The molecule has 0 amide bonds. The first-order valence-electron chi connectivity index (χ1n) is 3.43. The molecule has 56 valence electrons.